The number of nitrogens with one attached hydrogen (secondary N) is 1. The molecular formula is C13H15F2NO. The summed E-state index contributed by atoms with van der Waals surface area (Å²) in [5.41, 5.74) is 2.61. The van der Waals surface area contributed by atoms with E-state index in [2.05, 4.69) is 17.4 Å². The third-order valence-electron chi connectivity index (χ3n) is 3.21. The number of hydrogen-bond acceptors (Lipinski definition) is 1. The highest BCUT2D eigenvalue weighted by Gasteiger charge is 2.20. The number of carbonyl (C=O) groups is 1. The van der Waals surface area contributed by atoms with Crippen molar-refractivity contribution in [1.29, 1.82) is 0 Å². The van der Waals surface area contributed by atoms with Crippen molar-refractivity contribution in [1.82, 2.24) is 5.32 Å². The number of benzene rings is 1. The van der Waals surface area contributed by atoms with Gasteiger partial charge in [0.15, 0.2) is 0 Å². The molecule has 1 aliphatic carbocycles. The van der Waals surface area contributed by atoms with Crippen LogP contribution in [-0.4, -0.2) is 18.9 Å². The van der Waals surface area contributed by atoms with E-state index in [9.17, 15) is 13.6 Å². The van der Waals surface area contributed by atoms with E-state index in [1.165, 1.54) is 11.1 Å². The minimum atomic E-state index is -2.91. The standard InChI is InChI=1S/C13H15F2NO/c14-12(15)13(17)16-8-9-5-6-10-3-1-2-4-11(10)7-9/h1-4,9,12H,5-8H2,(H,16,17)/t9-/m1/s1. The second-order valence-electron chi connectivity index (χ2n) is 4.42. The van der Waals surface area contributed by atoms with E-state index in [1.807, 2.05) is 12.1 Å². The zero-order valence-corrected chi connectivity index (χ0v) is 9.46. The molecule has 0 saturated carbocycles. The summed E-state index contributed by atoms with van der Waals surface area (Å²) in [5, 5.41) is 2.29. The monoisotopic (exact) mass is 239 g/mol. The molecule has 1 amide bonds. The van der Waals surface area contributed by atoms with Gasteiger partial charge in [-0.2, -0.15) is 8.78 Å². The number of hydrogen-bond donors (Lipinski definition) is 1. The van der Waals surface area contributed by atoms with Gasteiger partial charge in [-0.05, 0) is 36.3 Å². The second-order valence-corrected chi connectivity index (χ2v) is 4.42. The second kappa shape index (κ2) is 5.25. The van der Waals surface area contributed by atoms with Crippen molar-refractivity contribution >= 4 is 5.91 Å². The van der Waals surface area contributed by atoms with Crippen LogP contribution >= 0.6 is 0 Å². The Labute approximate surface area is 99.0 Å². The predicted octanol–water partition coefficient (Wildman–Crippen LogP) is 2.17. The number of amides is 1. The van der Waals surface area contributed by atoms with E-state index >= 15 is 0 Å². The van der Waals surface area contributed by atoms with Gasteiger partial charge < -0.3 is 5.32 Å². The molecule has 0 saturated heterocycles. The molecule has 0 aliphatic heterocycles. The van der Waals surface area contributed by atoms with Crippen LogP contribution in [0.3, 0.4) is 0 Å². The van der Waals surface area contributed by atoms with Crippen LogP contribution in [0.4, 0.5) is 8.78 Å². The van der Waals surface area contributed by atoms with Crippen molar-refractivity contribution in [3.63, 3.8) is 0 Å². The first-order valence-electron chi connectivity index (χ1n) is 5.79. The summed E-state index contributed by atoms with van der Waals surface area (Å²) < 4.78 is 24.0. The Hall–Kier alpha value is -1.45. The Bertz CT molecular complexity index is 406. The van der Waals surface area contributed by atoms with Crippen LogP contribution in [0.2, 0.25) is 0 Å². The van der Waals surface area contributed by atoms with E-state index in [1.54, 1.807) is 0 Å². The molecule has 17 heavy (non-hydrogen) atoms. The number of carbonyl (C=O) groups excluding carboxylic acids is 1. The Morgan fingerprint density at radius 3 is 2.76 bits per heavy atom. The lowest BCUT2D eigenvalue weighted by molar-refractivity contribution is -0.131. The number of aryl methyl sites for hydroxylation is 1. The van der Waals surface area contributed by atoms with E-state index < -0.39 is 12.3 Å². The van der Waals surface area contributed by atoms with Crippen molar-refractivity contribution < 1.29 is 13.6 Å². The molecule has 0 unspecified atom stereocenters. The Balaban J connectivity index is 1.88. The molecule has 4 heteroatoms. The maximum absolute atomic E-state index is 12.0. The van der Waals surface area contributed by atoms with Crippen molar-refractivity contribution in [2.24, 2.45) is 5.92 Å². The fraction of sp³-hybridized carbons (Fsp3) is 0.462. The van der Waals surface area contributed by atoms with Crippen LogP contribution in [0.1, 0.15) is 17.5 Å². The quantitative estimate of drug-likeness (QED) is 0.860. The lowest BCUT2D eigenvalue weighted by Gasteiger charge is -2.24. The molecule has 92 valence electrons. The third kappa shape index (κ3) is 3.02. The van der Waals surface area contributed by atoms with E-state index in [-0.39, 0.29) is 5.92 Å². The van der Waals surface area contributed by atoms with Gasteiger partial charge in [-0.1, -0.05) is 24.3 Å². The molecule has 0 heterocycles. The summed E-state index contributed by atoms with van der Waals surface area (Å²) in [7, 11) is 0. The molecular weight excluding hydrogens is 224 g/mol. The molecule has 1 atom stereocenters. The van der Waals surface area contributed by atoms with Crippen molar-refractivity contribution in [2.75, 3.05) is 6.54 Å². The van der Waals surface area contributed by atoms with Gasteiger partial charge in [-0.3, -0.25) is 4.79 Å². The van der Waals surface area contributed by atoms with Crippen LogP contribution in [0, 0.1) is 5.92 Å². The Morgan fingerprint density at radius 1 is 1.35 bits per heavy atom. The maximum atomic E-state index is 12.0. The summed E-state index contributed by atoms with van der Waals surface area (Å²) in [5.74, 6) is -0.892. The fourth-order valence-electron chi connectivity index (χ4n) is 2.27. The molecule has 1 N–H and O–H groups in total. The smallest absolute Gasteiger partial charge is 0.315 e. The van der Waals surface area contributed by atoms with Gasteiger partial charge >= 0.3 is 6.43 Å². The maximum Gasteiger partial charge on any atom is 0.315 e. The van der Waals surface area contributed by atoms with Crippen molar-refractivity contribution in [2.45, 2.75) is 25.7 Å². The molecule has 1 aliphatic rings. The van der Waals surface area contributed by atoms with Crippen LogP contribution in [-0.2, 0) is 17.6 Å². The molecule has 2 nitrogen and oxygen atoms in total. The lowest BCUT2D eigenvalue weighted by Crippen LogP contribution is -2.35. The van der Waals surface area contributed by atoms with Crippen LogP contribution in [0.15, 0.2) is 24.3 Å². The summed E-state index contributed by atoms with van der Waals surface area (Å²) in [6, 6.07) is 8.16. The van der Waals surface area contributed by atoms with Gasteiger partial charge in [-0.15, -0.1) is 0 Å². The zero-order valence-electron chi connectivity index (χ0n) is 9.46. The minimum Gasteiger partial charge on any atom is -0.351 e. The Morgan fingerprint density at radius 2 is 2.06 bits per heavy atom. The van der Waals surface area contributed by atoms with Gasteiger partial charge in [0.25, 0.3) is 5.91 Å². The Kier molecular flexibility index (Phi) is 3.71. The largest absolute Gasteiger partial charge is 0.351 e. The SMILES string of the molecule is O=C(NC[C@@H]1CCc2ccccc2C1)C(F)F. The first-order valence-corrected chi connectivity index (χ1v) is 5.79. The van der Waals surface area contributed by atoms with E-state index in [4.69, 9.17) is 0 Å². The fourth-order valence-corrected chi connectivity index (χ4v) is 2.27. The highest BCUT2D eigenvalue weighted by molar-refractivity contribution is 5.79. The van der Waals surface area contributed by atoms with Crippen molar-refractivity contribution in [3.05, 3.63) is 35.4 Å². The highest BCUT2D eigenvalue weighted by atomic mass is 19.3. The van der Waals surface area contributed by atoms with Gasteiger partial charge in [0, 0.05) is 6.54 Å². The van der Waals surface area contributed by atoms with E-state index in [0.717, 1.165) is 19.3 Å². The topological polar surface area (TPSA) is 29.1 Å². The molecule has 0 radical (unpaired) electrons. The first-order chi connectivity index (χ1) is 8.16. The summed E-state index contributed by atoms with van der Waals surface area (Å²) >= 11 is 0. The highest BCUT2D eigenvalue weighted by Crippen LogP contribution is 2.24. The van der Waals surface area contributed by atoms with Gasteiger partial charge in [0.05, 0.1) is 0 Å². The summed E-state index contributed by atoms with van der Waals surface area (Å²) in [6.07, 6.45) is -0.142. The zero-order chi connectivity index (χ0) is 12.3. The summed E-state index contributed by atoms with van der Waals surface area (Å²) in [6.45, 7) is 0.345. The number of fused-ring (bicyclic) bond motifs is 1. The molecule has 0 fully saturated rings. The minimum absolute atomic E-state index is 0.271. The lowest BCUT2D eigenvalue weighted by atomic mass is 9.84. The van der Waals surface area contributed by atoms with Crippen LogP contribution < -0.4 is 5.32 Å². The molecule has 0 spiro atoms. The van der Waals surface area contributed by atoms with Gasteiger partial charge in [-0.25, -0.2) is 0 Å². The normalized spacial score (nSPS) is 18.9. The average Bonchev–Trinajstić information content (AvgIpc) is 2.35. The molecule has 1 aromatic rings. The molecule has 2 rings (SSSR count). The first kappa shape index (κ1) is 12.0. The number of alkyl halides is 2. The molecule has 1 aromatic carbocycles. The predicted molar refractivity (Wildman–Crippen MR) is 61.0 cm³/mol. The number of halogens is 2. The third-order valence-corrected chi connectivity index (χ3v) is 3.21. The van der Waals surface area contributed by atoms with Gasteiger partial charge in [0.1, 0.15) is 0 Å². The van der Waals surface area contributed by atoms with E-state index in [0.29, 0.717) is 6.54 Å². The average molecular weight is 239 g/mol. The number of rotatable bonds is 3. The van der Waals surface area contributed by atoms with Crippen molar-refractivity contribution in [3.8, 4) is 0 Å². The van der Waals surface area contributed by atoms with Gasteiger partial charge in [0.2, 0.25) is 0 Å². The molecule has 0 bridgehead atoms. The summed E-state index contributed by atoms with van der Waals surface area (Å²) in [4.78, 5) is 10.8. The molecule has 0 aromatic heterocycles. The van der Waals surface area contributed by atoms with Crippen LogP contribution in [0.5, 0.6) is 0 Å². The van der Waals surface area contributed by atoms with Crippen LogP contribution in [0.25, 0.3) is 0 Å².